The molecular weight excluding hydrogens is 738 g/mol. The number of hydrogen-bond donors (Lipinski definition) is 1. The number of ether oxygens (including phenoxy) is 12. The normalized spacial score (nSPS) is 55.5. The predicted octanol–water partition coefficient (Wildman–Crippen LogP) is 3.69. The smallest absolute Gasteiger partial charge is 0.308 e. The Morgan fingerprint density at radius 3 is 2.23 bits per heavy atom. The Balaban J connectivity index is 0.879. The average molecular weight is 800 g/mol. The minimum atomic E-state index is -0.808. The molecule has 0 amide bonds. The summed E-state index contributed by atoms with van der Waals surface area (Å²) in [7, 11) is 0. The molecule has 12 heterocycles. The van der Waals surface area contributed by atoms with Gasteiger partial charge in [-0.2, -0.15) is 0 Å². The standard InChI is InChI=1S/C43H61NO13/c1-19-12-22-6-8-25-20(2)13-24(47-25)10-11-43-17-31-38(56-43)39-40(52-31)41(57-43)37-26(51-39)9-7-23(49-37)14-33(45)54-36-29(15-27(48-22)21(19)3)50-30-16-28-32(53-35(30)34(36)44)18-46-42(4,5)55-28/h19,22-32,34-41H,2-3,6-18,44H2,1,4-5H3/t19-,22?,23?,24+,25?,26+,27?,28-,29+,30+,31?,32-,34+,35-,36+,37+,38?,39+,40-,41+,43+/m1/s1. The summed E-state index contributed by atoms with van der Waals surface area (Å²) in [5, 5.41) is 0. The minimum Gasteiger partial charge on any atom is -0.458 e. The van der Waals surface area contributed by atoms with Gasteiger partial charge in [-0.1, -0.05) is 20.1 Å². The third-order valence-electron chi connectivity index (χ3n) is 15.1. The summed E-state index contributed by atoms with van der Waals surface area (Å²) in [5.41, 5.74) is 9.25. The van der Waals surface area contributed by atoms with Crippen molar-refractivity contribution in [2.45, 2.75) is 225 Å². The second-order valence-corrected chi connectivity index (χ2v) is 19.5. The van der Waals surface area contributed by atoms with Crippen LogP contribution in [-0.4, -0.2) is 140 Å². The lowest BCUT2D eigenvalue weighted by Gasteiger charge is -2.53. The molecular formula is C43H61NO13. The third-order valence-corrected chi connectivity index (χ3v) is 15.1. The van der Waals surface area contributed by atoms with Crippen molar-refractivity contribution in [2.75, 3.05) is 6.61 Å². The van der Waals surface area contributed by atoms with E-state index >= 15 is 0 Å². The molecule has 0 saturated carbocycles. The lowest BCUT2D eigenvalue weighted by atomic mass is 9.81. The fraction of sp³-hybridized carbons (Fsp3) is 0.884. The fourth-order valence-corrected chi connectivity index (χ4v) is 12.2. The van der Waals surface area contributed by atoms with E-state index in [-0.39, 0.29) is 91.7 Å². The number of rotatable bonds is 0. The Kier molecular flexibility index (Phi) is 9.61. The van der Waals surface area contributed by atoms with Crippen LogP contribution in [0.5, 0.6) is 0 Å². The molecule has 12 bridgehead atoms. The molecule has 12 aliphatic heterocycles. The molecule has 12 fully saturated rings. The van der Waals surface area contributed by atoms with Crippen molar-refractivity contribution in [1.82, 2.24) is 0 Å². The molecule has 12 aliphatic rings. The maximum absolute atomic E-state index is 14.1. The van der Waals surface area contributed by atoms with Crippen LogP contribution in [0.25, 0.3) is 0 Å². The summed E-state index contributed by atoms with van der Waals surface area (Å²) >= 11 is 0. The molecule has 14 nitrogen and oxygen atoms in total. The molecule has 2 N–H and O–H groups in total. The van der Waals surface area contributed by atoms with Crippen molar-refractivity contribution < 1.29 is 61.6 Å². The van der Waals surface area contributed by atoms with Crippen LogP contribution < -0.4 is 5.73 Å². The molecule has 14 heteroatoms. The second-order valence-electron chi connectivity index (χ2n) is 19.5. The van der Waals surface area contributed by atoms with Gasteiger partial charge in [0.15, 0.2) is 11.6 Å². The van der Waals surface area contributed by atoms with Crippen LogP contribution in [0.3, 0.4) is 0 Å². The molecule has 0 aliphatic carbocycles. The van der Waals surface area contributed by atoms with Gasteiger partial charge in [0.1, 0.15) is 48.8 Å². The molecule has 21 atom stereocenters. The molecule has 57 heavy (non-hydrogen) atoms. The van der Waals surface area contributed by atoms with E-state index in [4.69, 9.17) is 62.6 Å². The van der Waals surface area contributed by atoms with E-state index in [1.807, 2.05) is 13.8 Å². The monoisotopic (exact) mass is 799 g/mol. The Morgan fingerprint density at radius 1 is 0.614 bits per heavy atom. The first-order valence-corrected chi connectivity index (χ1v) is 21.9. The van der Waals surface area contributed by atoms with Crippen molar-refractivity contribution in [3.63, 3.8) is 0 Å². The first kappa shape index (κ1) is 38.4. The van der Waals surface area contributed by atoms with Crippen LogP contribution in [0.2, 0.25) is 0 Å². The SMILES string of the molecule is C=C1C[C@@H]2CC[C@@]34CC5O[C@H]6[C@@H](O3)[C@H]3OC(CC[C@@H]3O[C@H]6C5O4)CC(=O)O[C@@H]3[C@@H](N)[C@@H]4O[C@@H]5COC(C)(C)O[C@@H]5C[C@@H]4O[C@H]3CC3OC(CCC1O2)C[C@@H](C)C3=C. The van der Waals surface area contributed by atoms with Gasteiger partial charge in [0.05, 0.1) is 80.1 Å². The van der Waals surface area contributed by atoms with Crippen LogP contribution in [-0.2, 0) is 61.6 Å². The van der Waals surface area contributed by atoms with E-state index < -0.39 is 54.1 Å². The van der Waals surface area contributed by atoms with E-state index in [0.29, 0.717) is 38.7 Å². The van der Waals surface area contributed by atoms with Crippen LogP contribution >= 0.6 is 0 Å². The van der Waals surface area contributed by atoms with E-state index in [2.05, 4.69) is 20.1 Å². The van der Waals surface area contributed by atoms with Crippen molar-refractivity contribution in [3.05, 3.63) is 24.3 Å². The maximum Gasteiger partial charge on any atom is 0.308 e. The number of carbonyl (C=O) groups excluding carboxylic acids is 1. The van der Waals surface area contributed by atoms with Gasteiger partial charge in [-0.25, -0.2) is 0 Å². The zero-order valence-corrected chi connectivity index (χ0v) is 33.5. The Labute approximate surface area is 334 Å². The topological polar surface area (TPSA) is 154 Å². The summed E-state index contributed by atoms with van der Waals surface area (Å²) in [6.45, 7) is 15.4. The van der Waals surface area contributed by atoms with Crippen LogP contribution in [0.4, 0.5) is 0 Å². The molecule has 1 spiro atoms. The Bertz CT molecular complexity index is 1610. The molecule has 12 saturated heterocycles. The fourth-order valence-electron chi connectivity index (χ4n) is 12.2. The summed E-state index contributed by atoms with van der Waals surface area (Å²) in [6, 6.07) is -0.655. The zero-order chi connectivity index (χ0) is 39.0. The number of esters is 1. The molecule has 0 aromatic rings. The van der Waals surface area contributed by atoms with Gasteiger partial charge in [-0.05, 0) is 75.9 Å². The highest BCUT2D eigenvalue weighted by molar-refractivity contribution is 5.70. The van der Waals surface area contributed by atoms with Gasteiger partial charge in [-0.15, -0.1) is 0 Å². The van der Waals surface area contributed by atoms with Gasteiger partial charge in [0, 0.05) is 25.7 Å². The van der Waals surface area contributed by atoms with Gasteiger partial charge in [0.25, 0.3) is 0 Å². The second kappa shape index (κ2) is 14.3. The largest absolute Gasteiger partial charge is 0.458 e. The van der Waals surface area contributed by atoms with Crippen LogP contribution in [0.15, 0.2) is 24.3 Å². The van der Waals surface area contributed by atoms with Crippen molar-refractivity contribution in [1.29, 1.82) is 0 Å². The highest BCUT2D eigenvalue weighted by atomic mass is 16.8. The van der Waals surface area contributed by atoms with E-state index in [1.54, 1.807) is 0 Å². The van der Waals surface area contributed by atoms with Gasteiger partial charge >= 0.3 is 5.97 Å². The number of carbonyl (C=O) groups is 1. The lowest BCUT2D eigenvalue weighted by molar-refractivity contribution is -0.351. The Morgan fingerprint density at radius 2 is 1.35 bits per heavy atom. The summed E-state index contributed by atoms with van der Waals surface area (Å²) in [6.07, 6.45) is 2.75. The van der Waals surface area contributed by atoms with E-state index in [0.717, 1.165) is 49.7 Å². The van der Waals surface area contributed by atoms with E-state index in [1.165, 1.54) is 0 Å². The minimum absolute atomic E-state index is 0.00171. The number of hydrogen-bond acceptors (Lipinski definition) is 14. The van der Waals surface area contributed by atoms with Crippen molar-refractivity contribution in [2.24, 2.45) is 11.7 Å². The maximum atomic E-state index is 14.1. The first-order chi connectivity index (χ1) is 27.4. The lowest BCUT2D eigenvalue weighted by Crippen LogP contribution is -2.69. The summed E-state index contributed by atoms with van der Waals surface area (Å²) < 4.78 is 79.5. The molecule has 12 rings (SSSR count). The zero-order valence-electron chi connectivity index (χ0n) is 33.5. The van der Waals surface area contributed by atoms with Gasteiger partial charge in [-0.3, -0.25) is 4.79 Å². The third kappa shape index (κ3) is 6.80. The van der Waals surface area contributed by atoms with Crippen LogP contribution in [0.1, 0.15) is 97.8 Å². The molecule has 0 aromatic heterocycles. The highest BCUT2D eigenvalue weighted by Gasteiger charge is 2.69. The van der Waals surface area contributed by atoms with Crippen LogP contribution in [0, 0.1) is 5.92 Å². The van der Waals surface area contributed by atoms with Gasteiger partial charge < -0.3 is 62.6 Å². The molecule has 0 aromatic carbocycles. The van der Waals surface area contributed by atoms with E-state index in [9.17, 15) is 4.79 Å². The number of nitrogens with two attached hydrogens (primary N) is 1. The quantitative estimate of drug-likeness (QED) is 0.280. The molecule has 0 radical (unpaired) electrons. The predicted molar refractivity (Wildman–Crippen MR) is 199 cm³/mol. The molecule has 316 valence electrons. The highest BCUT2D eigenvalue weighted by Crippen LogP contribution is 2.54. The van der Waals surface area contributed by atoms with Crippen molar-refractivity contribution in [3.8, 4) is 0 Å². The number of fused-ring (bicyclic) bond motifs is 8. The molecule has 6 unspecified atom stereocenters. The van der Waals surface area contributed by atoms with Crippen molar-refractivity contribution >= 4 is 5.97 Å². The summed E-state index contributed by atoms with van der Waals surface area (Å²) in [4.78, 5) is 14.1. The first-order valence-electron chi connectivity index (χ1n) is 21.9. The summed E-state index contributed by atoms with van der Waals surface area (Å²) in [5.74, 6) is -1.69. The average Bonchev–Trinajstić information content (AvgIpc) is 3.75. The van der Waals surface area contributed by atoms with Gasteiger partial charge in [0.2, 0.25) is 0 Å². The Hall–Kier alpha value is -1.53.